The zero-order chi connectivity index (χ0) is 26.7. The summed E-state index contributed by atoms with van der Waals surface area (Å²) in [6.45, 7) is 6.22. The number of nitrogens with zero attached hydrogens (tertiary/aromatic N) is 4. The molecule has 4 rings (SSSR count). The number of hydrogen-bond acceptors (Lipinski definition) is 6. The molecule has 10 heteroatoms. The number of carbonyl (C=O) groups excluding carboxylic acids is 2. The van der Waals surface area contributed by atoms with Gasteiger partial charge in [0.2, 0.25) is 6.17 Å². The molecule has 0 bridgehead atoms. The molecule has 1 aromatic carbocycles. The molecule has 198 valence electrons. The number of methoxy groups -OCH3 is 1. The molecule has 8 nitrogen and oxygen atoms in total. The first-order chi connectivity index (χ1) is 17.7. The lowest BCUT2D eigenvalue weighted by Gasteiger charge is -2.44. The van der Waals surface area contributed by atoms with Crippen molar-refractivity contribution in [2.24, 2.45) is 4.99 Å². The molecule has 0 radical (unpaired) electrons. The van der Waals surface area contributed by atoms with Gasteiger partial charge in [-0.2, -0.15) is 0 Å². The van der Waals surface area contributed by atoms with Crippen LogP contribution in [0.2, 0.25) is 5.02 Å². The number of esters is 1. The second kappa shape index (κ2) is 11.8. The van der Waals surface area contributed by atoms with Crippen LogP contribution in [0, 0.1) is 0 Å². The van der Waals surface area contributed by atoms with E-state index >= 15 is 0 Å². The Morgan fingerprint density at radius 3 is 2.78 bits per heavy atom. The van der Waals surface area contributed by atoms with E-state index in [9.17, 15) is 9.59 Å². The lowest BCUT2D eigenvalue weighted by Crippen LogP contribution is -2.60. The first-order valence-electron chi connectivity index (χ1n) is 12.6. The fourth-order valence-electron chi connectivity index (χ4n) is 5.10. The lowest BCUT2D eigenvalue weighted by molar-refractivity contribution is -0.142. The summed E-state index contributed by atoms with van der Waals surface area (Å²) in [6, 6.07) is 5.74. The average Bonchev–Trinajstić information content (AvgIpc) is 2.99. The molecule has 2 heterocycles. The minimum absolute atomic E-state index is 0.0434. The van der Waals surface area contributed by atoms with Crippen molar-refractivity contribution in [1.82, 2.24) is 15.1 Å². The van der Waals surface area contributed by atoms with E-state index in [4.69, 9.17) is 33.5 Å². The standard InChI is InChI=1S/C27H34ClN5O3S/c1-17(2)33-13-12-32(16-20(33)15-23(34)36-4)27(37)30-25-26(35)31(3)22-11-10-19(28)14-21(22)24(29-25)18-8-6-5-7-9-18/h5-6,8,10-11,14,17,20,25H,7,9,12-13,15-16H2,1-4H3,(H,30,37). The molecule has 2 unspecified atom stereocenters. The number of carbonyl (C=O) groups is 2. The van der Waals surface area contributed by atoms with Gasteiger partial charge in [0.1, 0.15) is 0 Å². The number of anilines is 1. The van der Waals surface area contributed by atoms with Gasteiger partial charge in [0.15, 0.2) is 5.11 Å². The van der Waals surface area contributed by atoms with Crippen LogP contribution in [0.4, 0.5) is 5.69 Å². The third kappa shape index (κ3) is 6.05. The van der Waals surface area contributed by atoms with Gasteiger partial charge in [-0.15, -0.1) is 0 Å². The highest BCUT2D eigenvalue weighted by molar-refractivity contribution is 7.80. The van der Waals surface area contributed by atoms with Crippen molar-refractivity contribution in [3.05, 3.63) is 52.6 Å². The number of benzene rings is 1. The molecule has 0 aromatic heterocycles. The highest BCUT2D eigenvalue weighted by atomic mass is 35.5. The van der Waals surface area contributed by atoms with Gasteiger partial charge in [0.05, 0.1) is 24.9 Å². The van der Waals surface area contributed by atoms with Crippen LogP contribution in [0.5, 0.6) is 0 Å². The van der Waals surface area contributed by atoms with Crippen LogP contribution < -0.4 is 10.2 Å². The predicted octanol–water partition coefficient (Wildman–Crippen LogP) is 3.54. The smallest absolute Gasteiger partial charge is 0.307 e. The van der Waals surface area contributed by atoms with Crippen LogP contribution >= 0.6 is 23.8 Å². The monoisotopic (exact) mass is 543 g/mol. The Labute approximate surface area is 229 Å². The zero-order valence-electron chi connectivity index (χ0n) is 21.7. The average molecular weight is 544 g/mol. The van der Waals surface area contributed by atoms with Gasteiger partial charge >= 0.3 is 5.97 Å². The molecule has 2 aliphatic heterocycles. The van der Waals surface area contributed by atoms with Crippen LogP contribution in [0.1, 0.15) is 38.7 Å². The second-order valence-electron chi connectivity index (χ2n) is 9.76. The van der Waals surface area contributed by atoms with Crippen molar-refractivity contribution < 1.29 is 14.3 Å². The minimum atomic E-state index is -0.896. The van der Waals surface area contributed by atoms with Gasteiger partial charge in [-0.3, -0.25) is 14.5 Å². The number of amides is 1. The van der Waals surface area contributed by atoms with Crippen LogP contribution in [0.15, 0.2) is 47.0 Å². The fourth-order valence-corrected chi connectivity index (χ4v) is 5.55. The maximum Gasteiger partial charge on any atom is 0.307 e. The Morgan fingerprint density at radius 2 is 2.11 bits per heavy atom. The quantitative estimate of drug-likeness (QED) is 0.449. The number of aliphatic imine (C=N–C) groups is 1. The van der Waals surface area contributed by atoms with Crippen LogP contribution in [-0.2, 0) is 14.3 Å². The summed E-state index contributed by atoms with van der Waals surface area (Å²) >= 11 is 12.1. The van der Waals surface area contributed by atoms with E-state index in [-0.39, 0.29) is 30.4 Å². The summed E-state index contributed by atoms with van der Waals surface area (Å²) in [4.78, 5) is 36.5. The molecule has 1 amide bonds. The Bertz CT molecular complexity index is 1160. The van der Waals surface area contributed by atoms with Gasteiger partial charge in [-0.25, -0.2) is 4.99 Å². The number of nitrogens with one attached hydrogen (secondary N) is 1. The summed E-state index contributed by atoms with van der Waals surface area (Å²) in [5, 5.41) is 4.25. The van der Waals surface area contributed by atoms with E-state index in [0.29, 0.717) is 23.2 Å². The number of likely N-dealkylation sites (N-methyl/N-ethyl adjacent to an activating group) is 1. The van der Waals surface area contributed by atoms with E-state index in [1.165, 1.54) is 7.11 Å². The molecular weight excluding hydrogens is 510 g/mol. The van der Waals surface area contributed by atoms with Crippen molar-refractivity contribution >= 4 is 52.2 Å². The Kier molecular flexibility index (Phi) is 8.67. The number of halogens is 1. The molecular formula is C27H34ClN5O3S. The van der Waals surface area contributed by atoms with Gasteiger partial charge in [0.25, 0.3) is 5.91 Å². The summed E-state index contributed by atoms with van der Waals surface area (Å²) in [5.74, 6) is -0.461. The van der Waals surface area contributed by atoms with E-state index in [2.05, 4.69) is 30.1 Å². The number of ether oxygens (including phenoxy) is 1. The molecule has 1 N–H and O–H groups in total. The molecule has 3 aliphatic rings. The van der Waals surface area contributed by atoms with Crippen molar-refractivity contribution in [3.8, 4) is 0 Å². The van der Waals surface area contributed by atoms with Gasteiger partial charge in [-0.1, -0.05) is 29.8 Å². The maximum absolute atomic E-state index is 13.6. The molecule has 0 saturated carbocycles. The summed E-state index contributed by atoms with van der Waals surface area (Å²) in [7, 11) is 3.15. The Hall–Kier alpha value is -2.75. The molecule has 1 aromatic rings. The first kappa shape index (κ1) is 27.3. The van der Waals surface area contributed by atoms with Crippen LogP contribution in [0.25, 0.3) is 0 Å². The molecule has 0 spiro atoms. The SMILES string of the molecule is COC(=O)CC1CN(C(=S)NC2N=C(C3=CC=CCC3)c3cc(Cl)ccc3N(C)C2=O)CCN1C(C)C. The van der Waals surface area contributed by atoms with Crippen molar-refractivity contribution in [2.45, 2.75) is 51.4 Å². The third-order valence-corrected chi connectivity index (χ3v) is 7.70. The lowest BCUT2D eigenvalue weighted by atomic mass is 9.94. The molecule has 1 saturated heterocycles. The predicted molar refractivity (Wildman–Crippen MR) is 151 cm³/mol. The van der Waals surface area contributed by atoms with Crippen LogP contribution in [0.3, 0.4) is 0 Å². The minimum Gasteiger partial charge on any atom is -0.469 e. The molecule has 1 fully saturated rings. The molecule has 2 atom stereocenters. The number of thiocarbonyl (C=S) groups is 1. The van der Waals surface area contributed by atoms with Crippen molar-refractivity contribution in [1.29, 1.82) is 0 Å². The Morgan fingerprint density at radius 1 is 1.32 bits per heavy atom. The summed E-state index contributed by atoms with van der Waals surface area (Å²) < 4.78 is 4.93. The first-order valence-corrected chi connectivity index (χ1v) is 13.4. The van der Waals surface area contributed by atoms with Gasteiger partial charge in [0, 0.05) is 49.4 Å². The summed E-state index contributed by atoms with van der Waals surface area (Å²) in [5.41, 5.74) is 3.37. The number of allylic oxidation sites excluding steroid dienone is 4. The van der Waals surface area contributed by atoms with Crippen LogP contribution in [-0.4, -0.2) is 84.5 Å². The second-order valence-corrected chi connectivity index (χ2v) is 10.6. The molecule has 37 heavy (non-hydrogen) atoms. The summed E-state index contributed by atoms with van der Waals surface area (Å²) in [6.07, 6.45) is 7.28. The Balaban J connectivity index is 1.61. The van der Waals surface area contributed by atoms with Crippen molar-refractivity contribution in [2.75, 3.05) is 38.7 Å². The highest BCUT2D eigenvalue weighted by Crippen LogP contribution is 2.31. The number of piperazine rings is 1. The van der Waals surface area contributed by atoms with E-state index in [0.717, 1.165) is 41.9 Å². The highest BCUT2D eigenvalue weighted by Gasteiger charge is 2.35. The van der Waals surface area contributed by atoms with Gasteiger partial charge < -0.3 is 19.9 Å². The zero-order valence-corrected chi connectivity index (χ0v) is 23.3. The number of benzodiazepines with no additional fused rings is 1. The third-order valence-electron chi connectivity index (χ3n) is 7.08. The largest absolute Gasteiger partial charge is 0.469 e. The normalized spacial score (nSPS) is 22.3. The van der Waals surface area contributed by atoms with E-state index in [1.807, 2.05) is 29.2 Å². The molecule has 1 aliphatic carbocycles. The topological polar surface area (TPSA) is 77.5 Å². The number of hydrogen-bond donors (Lipinski definition) is 1. The fraction of sp³-hybridized carbons (Fsp3) is 0.481. The maximum atomic E-state index is 13.6. The number of rotatable bonds is 5. The van der Waals surface area contributed by atoms with Crippen molar-refractivity contribution in [3.63, 3.8) is 0 Å². The van der Waals surface area contributed by atoms with E-state index < -0.39 is 6.17 Å². The van der Waals surface area contributed by atoms with Gasteiger partial charge in [-0.05, 0) is 62.7 Å². The van der Waals surface area contributed by atoms with E-state index in [1.54, 1.807) is 18.0 Å². The number of fused-ring (bicyclic) bond motifs is 1.